The van der Waals surface area contributed by atoms with Crippen LogP contribution >= 0.6 is 0 Å². The SMILES string of the molecule is CCC(=O)NCC(C)(C)CNC(=O)[C@@H](C[C@H](O)[C@H](C[C@H](Cc1ccc(OC)c(OCCCOC)c1)C(C)C)N=[N+]=[N-])C(C)C. The van der Waals surface area contributed by atoms with E-state index >= 15 is 0 Å². The maximum absolute atomic E-state index is 13.3. The van der Waals surface area contributed by atoms with Gasteiger partial charge in [-0.3, -0.25) is 9.59 Å². The number of aliphatic hydroxyl groups is 1. The van der Waals surface area contributed by atoms with Crippen LogP contribution in [0.2, 0.25) is 0 Å². The zero-order valence-electron chi connectivity index (χ0n) is 28.4. The highest BCUT2D eigenvalue weighted by molar-refractivity contribution is 5.79. The normalized spacial score (nSPS) is 14.4. The predicted octanol–water partition coefficient (Wildman–Crippen LogP) is 5.69. The van der Waals surface area contributed by atoms with Crippen LogP contribution in [0.1, 0.15) is 79.7 Å². The molecule has 2 amide bonds. The molecule has 11 heteroatoms. The second-order valence-electron chi connectivity index (χ2n) is 13.1. The van der Waals surface area contributed by atoms with Crippen LogP contribution in [-0.2, 0) is 20.7 Å². The molecule has 1 aromatic rings. The van der Waals surface area contributed by atoms with Crippen molar-refractivity contribution in [3.63, 3.8) is 0 Å². The van der Waals surface area contributed by atoms with Gasteiger partial charge in [-0.25, -0.2) is 0 Å². The average Bonchev–Trinajstić information content (AvgIpc) is 2.98. The number of carbonyl (C=O) groups excluding carboxylic acids is 2. The Morgan fingerprint density at radius 2 is 1.70 bits per heavy atom. The van der Waals surface area contributed by atoms with E-state index in [9.17, 15) is 20.2 Å². The van der Waals surface area contributed by atoms with Crippen molar-refractivity contribution in [1.82, 2.24) is 10.6 Å². The van der Waals surface area contributed by atoms with Gasteiger partial charge in [0.15, 0.2) is 11.5 Å². The van der Waals surface area contributed by atoms with Crippen LogP contribution in [0, 0.1) is 29.1 Å². The second-order valence-corrected chi connectivity index (χ2v) is 13.1. The summed E-state index contributed by atoms with van der Waals surface area (Å²) in [6.45, 7) is 15.8. The van der Waals surface area contributed by atoms with Crippen LogP contribution in [-0.4, -0.2) is 69.6 Å². The fourth-order valence-corrected chi connectivity index (χ4v) is 4.98. The first-order valence-corrected chi connectivity index (χ1v) is 15.8. The summed E-state index contributed by atoms with van der Waals surface area (Å²) in [4.78, 5) is 28.0. The number of hydrogen-bond acceptors (Lipinski definition) is 7. The Bertz CT molecular complexity index is 1060. The first-order chi connectivity index (χ1) is 20.8. The lowest BCUT2D eigenvalue weighted by atomic mass is 9.80. The predicted molar refractivity (Wildman–Crippen MR) is 174 cm³/mol. The molecule has 0 fully saturated rings. The Balaban J connectivity index is 2.99. The summed E-state index contributed by atoms with van der Waals surface area (Å²) >= 11 is 0. The van der Waals surface area contributed by atoms with E-state index in [-0.39, 0.29) is 41.4 Å². The number of methoxy groups -OCH3 is 2. The van der Waals surface area contributed by atoms with Crippen molar-refractivity contribution in [2.24, 2.45) is 34.2 Å². The summed E-state index contributed by atoms with van der Waals surface area (Å²) in [6, 6.07) is 5.19. The number of azide groups is 1. The molecule has 0 aliphatic rings. The van der Waals surface area contributed by atoms with Gasteiger partial charge in [0.2, 0.25) is 11.8 Å². The van der Waals surface area contributed by atoms with Crippen LogP contribution in [0.15, 0.2) is 23.3 Å². The van der Waals surface area contributed by atoms with Gasteiger partial charge in [-0.05, 0) is 65.7 Å². The maximum atomic E-state index is 13.3. The molecule has 0 unspecified atom stereocenters. The molecule has 0 saturated heterocycles. The first kappa shape index (κ1) is 39.0. The largest absolute Gasteiger partial charge is 0.493 e. The summed E-state index contributed by atoms with van der Waals surface area (Å²) in [5.74, 6) is 0.951. The highest BCUT2D eigenvalue weighted by atomic mass is 16.5. The number of amides is 2. The van der Waals surface area contributed by atoms with E-state index in [4.69, 9.17) is 14.2 Å². The summed E-state index contributed by atoms with van der Waals surface area (Å²) in [5.41, 5.74) is 10.1. The minimum Gasteiger partial charge on any atom is -0.493 e. The topological polar surface area (TPSA) is 155 Å². The van der Waals surface area contributed by atoms with Crippen LogP contribution in [0.5, 0.6) is 11.5 Å². The minimum absolute atomic E-state index is 0.0323. The maximum Gasteiger partial charge on any atom is 0.223 e. The van der Waals surface area contributed by atoms with E-state index < -0.39 is 18.1 Å². The van der Waals surface area contributed by atoms with Crippen LogP contribution < -0.4 is 20.1 Å². The molecule has 0 saturated carbocycles. The zero-order chi connectivity index (χ0) is 33.3. The molecule has 3 N–H and O–H groups in total. The number of nitrogens with one attached hydrogen (secondary N) is 2. The van der Waals surface area contributed by atoms with Gasteiger partial charge in [0.1, 0.15) is 0 Å². The van der Waals surface area contributed by atoms with E-state index in [2.05, 4.69) is 34.5 Å². The lowest BCUT2D eigenvalue weighted by molar-refractivity contribution is -0.128. The summed E-state index contributed by atoms with van der Waals surface area (Å²) in [5, 5.41) is 21.2. The van der Waals surface area contributed by atoms with Gasteiger partial charge >= 0.3 is 0 Å². The molecule has 1 aromatic carbocycles. The molecule has 250 valence electrons. The Hall–Kier alpha value is -3.01. The van der Waals surface area contributed by atoms with E-state index in [0.717, 1.165) is 12.0 Å². The van der Waals surface area contributed by atoms with Gasteiger partial charge in [0, 0.05) is 50.5 Å². The first-order valence-electron chi connectivity index (χ1n) is 15.8. The minimum atomic E-state index is -0.988. The molecule has 0 spiro atoms. The molecule has 44 heavy (non-hydrogen) atoms. The lowest BCUT2D eigenvalue weighted by Gasteiger charge is -2.31. The monoisotopic (exact) mass is 619 g/mol. The van der Waals surface area contributed by atoms with Crippen molar-refractivity contribution < 1.29 is 28.9 Å². The van der Waals surface area contributed by atoms with E-state index in [1.54, 1.807) is 21.1 Å². The summed E-state index contributed by atoms with van der Waals surface area (Å²) in [7, 11) is 3.27. The number of ether oxygens (including phenoxy) is 3. The van der Waals surface area contributed by atoms with Crippen molar-refractivity contribution in [1.29, 1.82) is 0 Å². The molecule has 0 heterocycles. The second kappa shape index (κ2) is 20.1. The number of rotatable bonds is 22. The van der Waals surface area contributed by atoms with Gasteiger partial charge in [-0.1, -0.05) is 59.6 Å². The van der Waals surface area contributed by atoms with Gasteiger partial charge in [-0.15, -0.1) is 0 Å². The van der Waals surface area contributed by atoms with E-state index in [1.165, 1.54) is 0 Å². The highest BCUT2D eigenvalue weighted by Gasteiger charge is 2.32. The molecule has 1 rings (SSSR count). The Morgan fingerprint density at radius 1 is 1.02 bits per heavy atom. The van der Waals surface area contributed by atoms with Crippen LogP contribution in [0.3, 0.4) is 0 Å². The van der Waals surface area contributed by atoms with Crippen molar-refractivity contribution in [2.45, 2.75) is 92.7 Å². The quantitative estimate of drug-likeness (QED) is 0.0656. The number of carbonyl (C=O) groups is 2. The molecule has 0 aromatic heterocycles. The van der Waals surface area contributed by atoms with E-state index in [0.29, 0.717) is 57.1 Å². The summed E-state index contributed by atoms with van der Waals surface area (Å²) in [6.07, 6.45) is 1.51. The third-order valence-electron chi connectivity index (χ3n) is 8.07. The molecule has 11 nitrogen and oxygen atoms in total. The number of hydrogen-bond donors (Lipinski definition) is 3. The van der Waals surface area contributed by atoms with Crippen molar-refractivity contribution in [2.75, 3.05) is 40.5 Å². The van der Waals surface area contributed by atoms with Crippen LogP contribution in [0.4, 0.5) is 0 Å². The number of aliphatic hydroxyl groups excluding tert-OH is 1. The Morgan fingerprint density at radius 3 is 2.27 bits per heavy atom. The molecule has 0 bridgehead atoms. The summed E-state index contributed by atoms with van der Waals surface area (Å²) < 4.78 is 16.6. The fraction of sp³-hybridized carbons (Fsp3) is 0.758. The molecular weight excluding hydrogens is 562 g/mol. The third-order valence-corrected chi connectivity index (χ3v) is 8.07. The molecule has 0 aliphatic carbocycles. The van der Waals surface area contributed by atoms with Gasteiger partial charge in [0.05, 0.1) is 25.9 Å². The zero-order valence-corrected chi connectivity index (χ0v) is 28.4. The molecule has 0 radical (unpaired) electrons. The van der Waals surface area contributed by atoms with Gasteiger partial charge in [-0.2, -0.15) is 0 Å². The van der Waals surface area contributed by atoms with E-state index in [1.807, 2.05) is 45.9 Å². The van der Waals surface area contributed by atoms with Gasteiger partial charge in [0.25, 0.3) is 0 Å². The van der Waals surface area contributed by atoms with Crippen molar-refractivity contribution >= 4 is 11.8 Å². The van der Waals surface area contributed by atoms with Crippen molar-refractivity contribution in [3.05, 3.63) is 34.2 Å². The Labute approximate surface area is 264 Å². The lowest BCUT2D eigenvalue weighted by Crippen LogP contribution is -2.45. The smallest absolute Gasteiger partial charge is 0.223 e. The number of nitrogens with zero attached hydrogens (tertiary/aromatic N) is 3. The number of benzene rings is 1. The Kier molecular flexibility index (Phi) is 17.8. The van der Waals surface area contributed by atoms with Crippen LogP contribution in [0.25, 0.3) is 10.4 Å². The standard InChI is InChI=1S/C33H57N5O6/c1-10-31(40)35-20-33(6,7)21-36-32(41)26(23(4)5)19-28(39)27(37-38-34)18-25(22(2)3)16-24-12-13-29(43-9)30(17-24)44-15-11-14-42-8/h12-13,17,22-23,25-28,39H,10-11,14-16,18-21H2,1-9H3,(H,35,40)(H,36,41)/t25-,26-,27-,28-/m0/s1. The molecule has 4 atom stereocenters. The fourth-order valence-electron chi connectivity index (χ4n) is 4.98. The molecule has 0 aliphatic heterocycles. The van der Waals surface area contributed by atoms with Crippen molar-refractivity contribution in [3.8, 4) is 11.5 Å². The third kappa shape index (κ3) is 14.2. The molecular formula is C33H57N5O6. The van der Waals surface area contributed by atoms with Gasteiger partial charge < -0.3 is 30.0 Å². The highest BCUT2D eigenvalue weighted by Crippen LogP contribution is 2.32. The average molecular weight is 620 g/mol.